The molecule has 1 unspecified atom stereocenters. The van der Waals surface area contributed by atoms with E-state index in [-0.39, 0.29) is 5.92 Å². The molecule has 0 saturated carbocycles. The number of nitriles is 1. The van der Waals surface area contributed by atoms with Crippen molar-refractivity contribution in [3.05, 3.63) is 42.2 Å². The summed E-state index contributed by atoms with van der Waals surface area (Å²) < 4.78 is 0. The molecular formula is C19H28N2. The highest BCUT2D eigenvalue weighted by atomic mass is 14.7. The molecule has 0 radical (unpaired) electrons. The molecular weight excluding hydrogens is 256 g/mol. The fraction of sp³-hybridized carbons (Fsp3) is 0.579. The summed E-state index contributed by atoms with van der Waals surface area (Å²) in [5, 5.41) is 9.18. The molecule has 1 heterocycles. The third kappa shape index (κ3) is 9.02. The average Bonchev–Trinajstić information content (AvgIpc) is 2.53. The van der Waals surface area contributed by atoms with Gasteiger partial charge < -0.3 is 0 Å². The van der Waals surface area contributed by atoms with Crippen LogP contribution in [-0.2, 0) is 6.42 Å². The lowest BCUT2D eigenvalue weighted by molar-refractivity contribution is 0.591. The Kier molecular flexibility index (Phi) is 10.1. The number of rotatable bonds is 11. The Labute approximate surface area is 129 Å². The molecule has 1 atom stereocenters. The third-order valence-electron chi connectivity index (χ3n) is 3.66. The number of hydrogen-bond donors (Lipinski definition) is 0. The zero-order chi connectivity index (χ0) is 15.2. The molecule has 114 valence electrons. The van der Waals surface area contributed by atoms with Crippen molar-refractivity contribution >= 4 is 0 Å². The number of allylic oxidation sites excluding steroid dienone is 2. The lowest BCUT2D eigenvalue weighted by Crippen LogP contribution is -1.99. The Morgan fingerprint density at radius 1 is 1.14 bits per heavy atom. The van der Waals surface area contributed by atoms with E-state index < -0.39 is 0 Å². The summed E-state index contributed by atoms with van der Waals surface area (Å²) in [6, 6.07) is 8.20. The van der Waals surface area contributed by atoms with Crippen LogP contribution in [0.15, 0.2) is 36.5 Å². The molecule has 0 amide bonds. The van der Waals surface area contributed by atoms with Crippen LogP contribution in [0.4, 0.5) is 0 Å². The normalized spacial score (nSPS) is 12.4. The van der Waals surface area contributed by atoms with Crippen molar-refractivity contribution in [3.63, 3.8) is 0 Å². The van der Waals surface area contributed by atoms with Gasteiger partial charge >= 0.3 is 0 Å². The first-order chi connectivity index (χ1) is 10.4. The minimum atomic E-state index is -0.0514. The van der Waals surface area contributed by atoms with Gasteiger partial charge in [-0.25, -0.2) is 0 Å². The summed E-state index contributed by atoms with van der Waals surface area (Å²) in [4.78, 5) is 4.27. The van der Waals surface area contributed by atoms with Crippen LogP contribution in [0.25, 0.3) is 0 Å². The topological polar surface area (TPSA) is 36.7 Å². The molecule has 0 aliphatic rings. The number of pyridine rings is 1. The molecule has 0 aliphatic carbocycles. The Morgan fingerprint density at radius 2 is 1.90 bits per heavy atom. The third-order valence-corrected chi connectivity index (χ3v) is 3.66. The summed E-state index contributed by atoms with van der Waals surface area (Å²) >= 11 is 0. The van der Waals surface area contributed by atoms with Gasteiger partial charge in [-0.2, -0.15) is 5.26 Å². The van der Waals surface area contributed by atoms with Gasteiger partial charge in [-0.1, -0.05) is 63.7 Å². The lowest BCUT2D eigenvalue weighted by atomic mass is 10.0. The molecule has 0 N–H and O–H groups in total. The van der Waals surface area contributed by atoms with E-state index in [0.29, 0.717) is 6.42 Å². The van der Waals surface area contributed by atoms with Crippen LogP contribution in [0, 0.1) is 17.2 Å². The smallest absolute Gasteiger partial charge is 0.0701 e. The van der Waals surface area contributed by atoms with E-state index in [1.807, 2.05) is 24.3 Å². The zero-order valence-corrected chi connectivity index (χ0v) is 13.3. The summed E-state index contributed by atoms with van der Waals surface area (Å²) in [5.41, 5.74) is 0.990. The second-order valence-electron chi connectivity index (χ2n) is 5.60. The SMILES string of the molecule is CCCCCCCCCC=CC(C#N)Cc1ccccn1. The predicted octanol–water partition coefficient (Wildman–Crippen LogP) is 5.46. The van der Waals surface area contributed by atoms with Gasteiger partial charge in [0.15, 0.2) is 0 Å². The standard InChI is InChI=1S/C19H28N2/c1-2-3-4-5-6-7-8-9-10-13-18(17-20)16-19-14-11-12-15-21-19/h10-15,18H,2-9,16H2,1H3. The molecule has 0 aromatic carbocycles. The van der Waals surface area contributed by atoms with Crippen molar-refractivity contribution in [2.45, 2.75) is 64.7 Å². The van der Waals surface area contributed by atoms with Crippen molar-refractivity contribution < 1.29 is 0 Å². The molecule has 1 rings (SSSR count). The molecule has 0 saturated heterocycles. The maximum absolute atomic E-state index is 9.18. The maximum Gasteiger partial charge on any atom is 0.0701 e. The zero-order valence-electron chi connectivity index (χ0n) is 13.3. The van der Waals surface area contributed by atoms with Crippen LogP contribution in [0.2, 0.25) is 0 Å². The summed E-state index contributed by atoms with van der Waals surface area (Å²) in [7, 11) is 0. The number of unbranched alkanes of at least 4 members (excludes halogenated alkanes) is 7. The molecule has 0 fully saturated rings. The van der Waals surface area contributed by atoms with Crippen molar-refractivity contribution in [1.29, 1.82) is 5.26 Å². The Bertz CT molecular complexity index is 417. The van der Waals surface area contributed by atoms with E-state index in [1.165, 1.54) is 44.9 Å². The van der Waals surface area contributed by atoms with Crippen LogP contribution in [0.3, 0.4) is 0 Å². The molecule has 2 nitrogen and oxygen atoms in total. The van der Waals surface area contributed by atoms with Crippen LogP contribution < -0.4 is 0 Å². The number of nitrogens with zero attached hydrogens (tertiary/aromatic N) is 2. The first-order valence-electron chi connectivity index (χ1n) is 8.33. The fourth-order valence-electron chi connectivity index (χ4n) is 2.38. The summed E-state index contributed by atoms with van der Waals surface area (Å²) in [5.74, 6) is -0.0514. The fourth-order valence-corrected chi connectivity index (χ4v) is 2.38. The molecule has 0 bridgehead atoms. The molecule has 2 heteroatoms. The van der Waals surface area contributed by atoms with Crippen LogP contribution in [-0.4, -0.2) is 4.98 Å². The monoisotopic (exact) mass is 284 g/mol. The highest BCUT2D eigenvalue weighted by Gasteiger charge is 2.04. The first-order valence-corrected chi connectivity index (χ1v) is 8.33. The second-order valence-corrected chi connectivity index (χ2v) is 5.60. The second kappa shape index (κ2) is 12.1. The van der Waals surface area contributed by atoms with E-state index in [4.69, 9.17) is 0 Å². The Balaban J connectivity index is 2.12. The van der Waals surface area contributed by atoms with Gasteiger partial charge in [-0.3, -0.25) is 4.98 Å². The van der Waals surface area contributed by atoms with Crippen LogP contribution >= 0.6 is 0 Å². The van der Waals surface area contributed by atoms with E-state index >= 15 is 0 Å². The van der Waals surface area contributed by atoms with Crippen molar-refractivity contribution in [3.8, 4) is 6.07 Å². The highest BCUT2D eigenvalue weighted by molar-refractivity contribution is 5.10. The average molecular weight is 284 g/mol. The Hall–Kier alpha value is -1.62. The van der Waals surface area contributed by atoms with Gasteiger partial charge in [0.25, 0.3) is 0 Å². The predicted molar refractivity (Wildman–Crippen MR) is 88.8 cm³/mol. The van der Waals surface area contributed by atoms with E-state index in [0.717, 1.165) is 12.1 Å². The van der Waals surface area contributed by atoms with E-state index in [2.05, 4.69) is 24.1 Å². The number of hydrogen-bond acceptors (Lipinski definition) is 2. The van der Waals surface area contributed by atoms with Gasteiger partial charge in [-0.05, 0) is 25.0 Å². The van der Waals surface area contributed by atoms with E-state index in [9.17, 15) is 5.26 Å². The minimum absolute atomic E-state index is 0.0514. The lowest BCUT2D eigenvalue weighted by Gasteiger charge is -2.03. The largest absolute Gasteiger partial charge is 0.261 e. The first kappa shape index (κ1) is 17.4. The molecule has 21 heavy (non-hydrogen) atoms. The Morgan fingerprint density at radius 3 is 2.57 bits per heavy atom. The van der Waals surface area contributed by atoms with Gasteiger partial charge in [0.1, 0.15) is 0 Å². The molecule has 0 spiro atoms. The quantitative estimate of drug-likeness (QED) is 0.399. The van der Waals surface area contributed by atoms with Gasteiger partial charge in [0.2, 0.25) is 0 Å². The van der Waals surface area contributed by atoms with Gasteiger partial charge in [0, 0.05) is 18.3 Å². The van der Waals surface area contributed by atoms with Crippen LogP contribution in [0.5, 0.6) is 0 Å². The maximum atomic E-state index is 9.18. The molecule has 0 aliphatic heterocycles. The summed E-state index contributed by atoms with van der Waals surface area (Å²) in [6.45, 7) is 2.25. The van der Waals surface area contributed by atoms with Gasteiger partial charge in [-0.15, -0.1) is 0 Å². The summed E-state index contributed by atoms with van der Waals surface area (Å²) in [6.07, 6.45) is 17.1. The van der Waals surface area contributed by atoms with E-state index in [1.54, 1.807) is 6.20 Å². The molecule has 1 aromatic heterocycles. The highest BCUT2D eigenvalue weighted by Crippen LogP contribution is 2.11. The van der Waals surface area contributed by atoms with Crippen LogP contribution in [0.1, 0.15) is 64.0 Å². The van der Waals surface area contributed by atoms with Crippen molar-refractivity contribution in [2.24, 2.45) is 5.92 Å². The minimum Gasteiger partial charge on any atom is -0.261 e. The van der Waals surface area contributed by atoms with Crippen molar-refractivity contribution in [1.82, 2.24) is 4.98 Å². The number of aromatic nitrogens is 1. The molecule has 1 aromatic rings. The van der Waals surface area contributed by atoms with Crippen molar-refractivity contribution in [2.75, 3.05) is 0 Å². The van der Waals surface area contributed by atoms with Gasteiger partial charge in [0.05, 0.1) is 12.0 Å².